The Morgan fingerprint density at radius 1 is 1.25 bits per heavy atom. The molecule has 2 aromatic rings. The molecule has 0 fully saturated rings. The molecule has 0 aliphatic carbocycles. The van der Waals surface area contributed by atoms with Crippen molar-refractivity contribution >= 4 is 64.8 Å². The van der Waals surface area contributed by atoms with Gasteiger partial charge in [0, 0.05) is 4.47 Å². The Balaban J connectivity index is 2.33. The molecule has 0 bridgehead atoms. The van der Waals surface area contributed by atoms with Crippen LogP contribution in [0.25, 0.3) is 0 Å². The van der Waals surface area contributed by atoms with Crippen LogP contribution in [0.5, 0.6) is 0 Å². The SMILES string of the molecule is NS(=O)(=O)c1ccccc1NC(=O)c1cc(Br)c(Br)s1. The van der Waals surface area contributed by atoms with Gasteiger partial charge in [-0.2, -0.15) is 0 Å². The van der Waals surface area contributed by atoms with Crippen molar-refractivity contribution in [2.45, 2.75) is 4.90 Å². The zero-order valence-electron chi connectivity index (χ0n) is 9.76. The van der Waals surface area contributed by atoms with Crippen molar-refractivity contribution in [3.05, 3.63) is 43.5 Å². The standard InChI is InChI=1S/C11H8Br2N2O3S2/c12-6-5-8(19-10(6)13)11(16)15-7-3-1-2-4-9(7)20(14,17)18/h1-5H,(H,15,16)(H2,14,17,18). The van der Waals surface area contributed by atoms with Gasteiger partial charge in [0.25, 0.3) is 5.91 Å². The highest BCUT2D eigenvalue weighted by atomic mass is 79.9. The van der Waals surface area contributed by atoms with Crippen molar-refractivity contribution in [1.82, 2.24) is 0 Å². The number of benzene rings is 1. The maximum absolute atomic E-state index is 12.1. The van der Waals surface area contributed by atoms with Crippen LogP contribution in [-0.4, -0.2) is 14.3 Å². The maximum Gasteiger partial charge on any atom is 0.265 e. The number of halogens is 2. The number of sulfonamides is 1. The van der Waals surface area contributed by atoms with Crippen LogP contribution in [0, 0.1) is 0 Å². The van der Waals surface area contributed by atoms with Gasteiger partial charge >= 0.3 is 0 Å². The molecule has 1 aromatic heterocycles. The second-order valence-electron chi connectivity index (χ2n) is 3.73. The summed E-state index contributed by atoms with van der Waals surface area (Å²) in [6.07, 6.45) is 0. The summed E-state index contributed by atoms with van der Waals surface area (Å²) in [6.45, 7) is 0. The highest BCUT2D eigenvalue weighted by molar-refractivity contribution is 9.13. The maximum atomic E-state index is 12.1. The summed E-state index contributed by atoms with van der Waals surface area (Å²) in [5.74, 6) is -0.405. The van der Waals surface area contributed by atoms with Crippen LogP contribution in [0.1, 0.15) is 9.67 Å². The number of amides is 1. The molecule has 0 aliphatic heterocycles. The molecule has 0 aliphatic rings. The highest BCUT2D eigenvalue weighted by Crippen LogP contribution is 2.33. The summed E-state index contributed by atoms with van der Waals surface area (Å²) in [4.78, 5) is 12.4. The Bertz CT molecular complexity index is 752. The first kappa shape index (κ1) is 15.6. The molecule has 0 atom stereocenters. The summed E-state index contributed by atoms with van der Waals surface area (Å²) < 4.78 is 24.4. The van der Waals surface area contributed by atoms with Crippen molar-refractivity contribution in [3.8, 4) is 0 Å². The van der Waals surface area contributed by atoms with Crippen LogP contribution in [-0.2, 0) is 10.0 Å². The number of thiophene rings is 1. The second-order valence-corrected chi connectivity index (χ2v) is 8.48. The molecule has 0 radical (unpaired) electrons. The molecule has 5 nitrogen and oxygen atoms in total. The Morgan fingerprint density at radius 3 is 2.45 bits per heavy atom. The summed E-state index contributed by atoms with van der Waals surface area (Å²) in [5, 5.41) is 7.65. The number of carbonyl (C=O) groups is 1. The minimum atomic E-state index is -3.89. The predicted molar refractivity (Wildman–Crippen MR) is 85.5 cm³/mol. The first-order valence-electron chi connectivity index (χ1n) is 5.17. The van der Waals surface area contributed by atoms with E-state index in [0.717, 1.165) is 8.26 Å². The number of para-hydroxylation sites is 1. The van der Waals surface area contributed by atoms with Crippen LogP contribution in [0.3, 0.4) is 0 Å². The molecule has 3 N–H and O–H groups in total. The average Bonchev–Trinajstić information content (AvgIpc) is 2.69. The Hall–Kier alpha value is -0.740. The third-order valence-corrected chi connectivity index (χ3v) is 6.53. The van der Waals surface area contributed by atoms with E-state index in [-0.39, 0.29) is 10.6 Å². The lowest BCUT2D eigenvalue weighted by Gasteiger charge is -2.08. The van der Waals surface area contributed by atoms with Crippen LogP contribution >= 0.6 is 43.2 Å². The van der Waals surface area contributed by atoms with E-state index in [0.29, 0.717) is 4.88 Å². The normalized spacial score (nSPS) is 11.3. The van der Waals surface area contributed by atoms with Gasteiger partial charge in [-0.3, -0.25) is 4.79 Å². The van der Waals surface area contributed by atoms with Crippen molar-refractivity contribution in [1.29, 1.82) is 0 Å². The molecule has 0 spiro atoms. The van der Waals surface area contributed by atoms with E-state index < -0.39 is 15.9 Å². The fraction of sp³-hybridized carbons (Fsp3) is 0. The van der Waals surface area contributed by atoms with Gasteiger partial charge in [0.1, 0.15) is 4.90 Å². The molecule has 1 heterocycles. The summed E-state index contributed by atoms with van der Waals surface area (Å²) in [6, 6.07) is 7.61. The molecule has 0 saturated heterocycles. The largest absolute Gasteiger partial charge is 0.320 e. The lowest BCUT2D eigenvalue weighted by Crippen LogP contribution is -2.17. The third kappa shape index (κ3) is 3.47. The first-order chi connectivity index (χ1) is 9.29. The molecule has 9 heteroatoms. The molecule has 2 rings (SSSR count). The van der Waals surface area contributed by atoms with E-state index in [1.807, 2.05) is 0 Å². The molecule has 106 valence electrons. The fourth-order valence-corrected chi connectivity index (χ4v) is 4.09. The molecule has 1 amide bonds. The van der Waals surface area contributed by atoms with Gasteiger partial charge in [-0.1, -0.05) is 12.1 Å². The van der Waals surface area contributed by atoms with Crippen molar-refractivity contribution in [3.63, 3.8) is 0 Å². The van der Waals surface area contributed by atoms with Gasteiger partial charge in [0.2, 0.25) is 10.0 Å². The average molecular weight is 440 g/mol. The molecule has 0 saturated carbocycles. The predicted octanol–water partition coefficient (Wildman–Crippen LogP) is 3.17. The van der Waals surface area contributed by atoms with Crippen molar-refractivity contribution in [2.24, 2.45) is 5.14 Å². The van der Waals surface area contributed by atoms with E-state index in [1.54, 1.807) is 12.1 Å². The third-order valence-electron chi connectivity index (χ3n) is 2.31. The van der Waals surface area contributed by atoms with Crippen molar-refractivity contribution < 1.29 is 13.2 Å². The zero-order chi connectivity index (χ0) is 14.9. The molecular formula is C11H8Br2N2O3S2. The summed E-state index contributed by atoms with van der Waals surface area (Å²) >= 11 is 7.81. The van der Waals surface area contributed by atoms with Gasteiger partial charge in [0.15, 0.2) is 0 Å². The van der Waals surface area contributed by atoms with Gasteiger partial charge in [-0.05, 0) is 50.1 Å². The highest BCUT2D eigenvalue weighted by Gasteiger charge is 2.17. The van der Waals surface area contributed by atoms with Crippen LogP contribution in [0.15, 0.2) is 43.5 Å². The van der Waals surface area contributed by atoms with Crippen LogP contribution in [0.2, 0.25) is 0 Å². The molecule has 1 aromatic carbocycles. The van der Waals surface area contributed by atoms with E-state index in [4.69, 9.17) is 5.14 Å². The second kappa shape index (κ2) is 5.94. The number of carbonyl (C=O) groups excluding carboxylic acids is 1. The van der Waals surface area contributed by atoms with E-state index in [2.05, 4.69) is 37.2 Å². The molecular weight excluding hydrogens is 432 g/mol. The van der Waals surface area contributed by atoms with Crippen LogP contribution < -0.4 is 10.5 Å². The number of anilines is 1. The minimum absolute atomic E-state index is 0.122. The van der Waals surface area contributed by atoms with Gasteiger partial charge in [-0.25, -0.2) is 13.6 Å². The molecule has 20 heavy (non-hydrogen) atoms. The number of nitrogens with two attached hydrogens (primary N) is 1. The fourth-order valence-electron chi connectivity index (χ4n) is 1.46. The number of rotatable bonds is 3. The summed E-state index contributed by atoms with van der Waals surface area (Å²) in [5.41, 5.74) is 0.153. The minimum Gasteiger partial charge on any atom is -0.320 e. The summed E-state index contributed by atoms with van der Waals surface area (Å²) in [7, 11) is -3.89. The smallest absolute Gasteiger partial charge is 0.265 e. The van der Waals surface area contributed by atoms with Crippen LogP contribution in [0.4, 0.5) is 5.69 Å². The number of hydrogen-bond donors (Lipinski definition) is 2. The monoisotopic (exact) mass is 438 g/mol. The Kier molecular flexibility index (Phi) is 4.65. The zero-order valence-corrected chi connectivity index (χ0v) is 14.6. The molecule has 0 unspecified atom stereocenters. The van der Waals surface area contributed by atoms with Gasteiger partial charge in [0.05, 0.1) is 14.4 Å². The first-order valence-corrected chi connectivity index (χ1v) is 9.12. The number of nitrogens with one attached hydrogen (secondary N) is 1. The van der Waals surface area contributed by atoms with E-state index in [1.165, 1.54) is 29.5 Å². The number of hydrogen-bond acceptors (Lipinski definition) is 4. The Morgan fingerprint density at radius 2 is 1.90 bits per heavy atom. The van der Waals surface area contributed by atoms with Crippen molar-refractivity contribution in [2.75, 3.05) is 5.32 Å². The lowest BCUT2D eigenvalue weighted by molar-refractivity contribution is 0.103. The van der Waals surface area contributed by atoms with Gasteiger partial charge < -0.3 is 5.32 Å². The Labute approximate surface area is 136 Å². The lowest BCUT2D eigenvalue weighted by atomic mass is 10.3. The van der Waals surface area contributed by atoms with E-state index >= 15 is 0 Å². The quantitative estimate of drug-likeness (QED) is 0.769. The van der Waals surface area contributed by atoms with E-state index in [9.17, 15) is 13.2 Å². The topological polar surface area (TPSA) is 89.3 Å². The van der Waals surface area contributed by atoms with Gasteiger partial charge in [-0.15, -0.1) is 11.3 Å². The number of primary sulfonamides is 1.